The molecule has 27 heavy (non-hydrogen) atoms. The Morgan fingerprint density at radius 3 is 2.44 bits per heavy atom. The number of pyridine rings is 1. The Morgan fingerprint density at radius 1 is 1.04 bits per heavy atom. The minimum Gasteiger partial charge on any atom is -0.352 e. The molecule has 2 aromatic heterocycles. The molecule has 0 aliphatic carbocycles. The van der Waals surface area contributed by atoms with Crippen molar-refractivity contribution in [3.63, 3.8) is 0 Å². The van der Waals surface area contributed by atoms with Gasteiger partial charge >= 0.3 is 0 Å². The number of rotatable bonds is 5. The van der Waals surface area contributed by atoms with E-state index in [9.17, 15) is 4.79 Å². The standard InChI is InChI=1S/C20H26N6O/c27-19(18(25-11-1-2-12-25)16-5-3-8-21-15-16)24-17-6-13-26(14-7-17)20-22-9-4-10-23-20/h3-5,8-10,15,17-18H,1-2,6-7,11-14H2,(H,24,27)/t18-/m0/s1. The first-order chi connectivity index (χ1) is 13.3. The number of carbonyl (C=O) groups is 1. The number of hydrogen-bond acceptors (Lipinski definition) is 6. The van der Waals surface area contributed by atoms with Crippen LogP contribution in [-0.2, 0) is 4.79 Å². The summed E-state index contributed by atoms with van der Waals surface area (Å²) >= 11 is 0. The van der Waals surface area contributed by atoms with Crippen LogP contribution in [0.5, 0.6) is 0 Å². The quantitative estimate of drug-likeness (QED) is 0.870. The second kappa shape index (κ2) is 8.43. The second-order valence-electron chi connectivity index (χ2n) is 7.25. The van der Waals surface area contributed by atoms with Gasteiger partial charge in [0.15, 0.2) is 0 Å². The lowest BCUT2D eigenvalue weighted by molar-refractivity contribution is -0.127. The number of nitrogens with zero attached hydrogens (tertiary/aromatic N) is 5. The summed E-state index contributed by atoms with van der Waals surface area (Å²) in [5.74, 6) is 0.867. The lowest BCUT2D eigenvalue weighted by Gasteiger charge is -2.34. The predicted molar refractivity (Wildman–Crippen MR) is 103 cm³/mol. The molecule has 1 amide bonds. The monoisotopic (exact) mass is 366 g/mol. The normalized spacial score (nSPS) is 19.8. The van der Waals surface area contributed by atoms with E-state index in [-0.39, 0.29) is 18.0 Å². The molecule has 0 bridgehead atoms. The van der Waals surface area contributed by atoms with Gasteiger partial charge in [0.2, 0.25) is 11.9 Å². The molecule has 0 unspecified atom stereocenters. The maximum Gasteiger partial charge on any atom is 0.242 e. The number of aromatic nitrogens is 3. The van der Waals surface area contributed by atoms with Crippen molar-refractivity contribution in [1.82, 2.24) is 25.2 Å². The lowest BCUT2D eigenvalue weighted by Crippen LogP contribution is -2.48. The lowest BCUT2D eigenvalue weighted by atomic mass is 10.0. The van der Waals surface area contributed by atoms with Crippen LogP contribution in [0.4, 0.5) is 5.95 Å². The molecule has 1 atom stereocenters. The number of piperidine rings is 1. The van der Waals surface area contributed by atoms with Crippen molar-refractivity contribution < 1.29 is 4.79 Å². The molecule has 2 aliphatic heterocycles. The van der Waals surface area contributed by atoms with Gasteiger partial charge in [-0.1, -0.05) is 6.07 Å². The SMILES string of the molecule is O=C(NC1CCN(c2ncccn2)CC1)[C@H](c1cccnc1)N1CCCC1. The molecule has 7 heteroatoms. The summed E-state index contributed by atoms with van der Waals surface area (Å²) in [7, 11) is 0. The van der Waals surface area contributed by atoms with Crippen molar-refractivity contribution in [2.45, 2.75) is 37.8 Å². The fourth-order valence-electron chi connectivity index (χ4n) is 4.02. The van der Waals surface area contributed by atoms with Gasteiger partial charge < -0.3 is 10.2 Å². The maximum absolute atomic E-state index is 13.1. The van der Waals surface area contributed by atoms with Crippen LogP contribution in [0.15, 0.2) is 43.0 Å². The number of amides is 1. The number of hydrogen-bond donors (Lipinski definition) is 1. The summed E-state index contributed by atoms with van der Waals surface area (Å²) < 4.78 is 0. The molecule has 2 aromatic rings. The Bertz CT molecular complexity index is 727. The minimum atomic E-state index is -0.239. The number of carbonyl (C=O) groups excluding carboxylic acids is 1. The van der Waals surface area contributed by atoms with Crippen LogP contribution >= 0.6 is 0 Å². The van der Waals surface area contributed by atoms with Crippen molar-refractivity contribution >= 4 is 11.9 Å². The summed E-state index contributed by atoms with van der Waals surface area (Å²) in [5, 5.41) is 3.29. The van der Waals surface area contributed by atoms with Crippen LogP contribution in [-0.4, -0.2) is 58.0 Å². The first kappa shape index (κ1) is 17.9. The van der Waals surface area contributed by atoms with Crippen molar-refractivity contribution in [2.75, 3.05) is 31.1 Å². The fraction of sp³-hybridized carbons (Fsp3) is 0.500. The van der Waals surface area contributed by atoms with E-state index in [0.717, 1.165) is 63.4 Å². The van der Waals surface area contributed by atoms with E-state index in [1.807, 2.05) is 24.4 Å². The van der Waals surface area contributed by atoms with Gasteiger partial charge in [0.05, 0.1) is 0 Å². The fourth-order valence-corrected chi connectivity index (χ4v) is 4.02. The highest BCUT2D eigenvalue weighted by Crippen LogP contribution is 2.25. The van der Waals surface area contributed by atoms with Gasteiger partial charge in [-0.15, -0.1) is 0 Å². The number of likely N-dealkylation sites (tertiary alicyclic amines) is 1. The van der Waals surface area contributed by atoms with Crippen LogP contribution in [0.3, 0.4) is 0 Å². The van der Waals surface area contributed by atoms with Gasteiger partial charge in [0, 0.05) is 43.9 Å². The van der Waals surface area contributed by atoms with Crippen molar-refractivity contribution in [3.8, 4) is 0 Å². The van der Waals surface area contributed by atoms with Crippen LogP contribution in [0, 0.1) is 0 Å². The van der Waals surface area contributed by atoms with Crippen molar-refractivity contribution in [1.29, 1.82) is 0 Å². The Hall–Kier alpha value is -2.54. The first-order valence-electron chi connectivity index (χ1n) is 9.77. The molecule has 0 spiro atoms. The molecule has 1 N–H and O–H groups in total. The smallest absolute Gasteiger partial charge is 0.242 e. The van der Waals surface area contributed by atoms with E-state index in [2.05, 4.69) is 30.1 Å². The van der Waals surface area contributed by atoms with Gasteiger partial charge in [-0.05, 0) is 56.5 Å². The Labute approximate surface area is 159 Å². The van der Waals surface area contributed by atoms with Gasteiger partial charge in [0.25, 0.3) is 0 Å². The average Bonchev–Trinajstić information content (AvgIpc) is 3.24. The number of nitrogens with one attached hydrogen (secondary N) is 1. The summed E-state index contributed by atoms with van der Waals surface area (Å²) in [6, 6.07) is 5.69. The summed E-state index contributed by atoms with van der Waals surface area (Å²) in [4.78, 5) is 30.5. The zero-order chi connectivity index (χ0) is 18.5. The predicted octanol–water partition coefficient (Wildman–Crippen LogP) is 1.79. The van der Waals surface area contributed by atoms with E-state index in [4.69, 9.17) is 0 Å². The zero-order valence-corrected chi connectivity index (χ0v) is 15.5. The third kappa shape index (κ3) is 4.24. The Kier molecular flexibility index (Phi) is 5.58. The van der Waals surface area contributed by atoms with Gasteiger partial charge in [-0.25, -0.2) is 9.97 Å². The molecule has 0 radical (unpaired) electrons. The van der Waals surface area contributed by atoms with E-state index in [0.29, 0.717) is 0 Å². The third-order valence-electron chi connectivity index (χ3n) is 5.43. The first-order valence-corrected chi connectivity index (χ1v) is 9.77. The second-order valence-corrected chi connectivity index (χ2v) is 7.25. The molecule has 0 saturated carbocycles. The molecule has 4 rings (SSSR count). The summed E-state index contributed by atoms with van der Waals surface area (Å²) in [6.45, 7) is 3.65. The van der Waals surface area contributed by atoms with Gasteiger partial charge in [-0.3, -0.25) is 14.7 Å². The Balaban J connectivity index is 1.38. The van der Waals surface area contributed by atoms with Crippen LogP contribution in [0.25, 0.3) is 0 Å². The minimum absolute atomic E-state index is 0.0966. The molecule has 2 saturated heterocycles. The topological polar surface area (TPSA) is 74.2 Å². The highest BCUT2D eigenvalue weighted by molar-refractivity contribution is 5.83. The molecule has 0 aromatic carbocycles. The molecule has 2 fully saturated rings. The maximum atomic E-state index is 13.1. The van der Waals surface area contributed by atoms with Crippen LogP contribution in [0.1, 0.15) is 37.3 Å². The summed E-state index contributed by atoms with van der Waals surface area (Å²) in [6.07, 6.45) is 11.2. The van der Waals surface area contributed by atoms with Gasteiger partial charge in [0.1, 0.15) is 6.04 Å². The van der Waals surface area contributed by atoms with E-state index in [1.54, 1.807) is 18.6 Å². The molecular weight excluding hydrogens is 340 g/mol. The summed E-state index contributed by atoms with van der Waals surface area (Å²) in [5.41, 5.74) is 0.979. The zero-order valence-electron chi connectivity index (χ0n) is 15.5. The molecule has 7 nitrogen and oxygen atoms in total. The third-order valence-corrected chi connectivity index (χ3v) is 5.43. The van der Waals surface area contributed by atoms with E-state index < -0.39 is 0 Å². The highest BCUT2D eigenvalue weighted by atomic mass is 16.2. The highest BCUT2D eigenvalue weighted by Gasteiger charge is 2.32. The van der Waals surface area contributed by atoms with Crippen molar-refractivity contribution in [2.24, 2.45) is 0 Å². The largest absolute Gasteiger partial charge is 0.352 e. The van der Waals surface area contributed by atoms with Crippen LogP contribution < -0.4 is 10.2 Å². The number of anilines is 1. The average molecular weight is 366 g/mol. The van der Waals surface area contributed by atoms with E-state index in [1.165, 1.54) is 0 Å². The van der Waals surface area contributed by atoms with Crippen LogP contribution in [0.2, 0.25) is 0 Å². The van der Waals surface area contributed by atoms with Crippen molar-refractivity contribution in [3.05, 3.63) is 48.5 Å². The molecular formula is C20H26N6O. The molecule has 2 aliphatic rings. The molecule has 142 valence electrons. The van der Waals surface area contributed by atoms with E-state index >= 15 is 0 Å². The Morgan fingerprint density at radius 2 is 1.78 bits per heavy atom. The molecule has 4 heterocycles. The van der Waals surface area contributed by atoms with Gasteiger partial charge in [-0.2, -0.15) is 0 Å².